The van der Waals surface area contributed by atoms with Gasteiger partial charge in [-0.15, -0.1) is 0 Å². The Morgan fingerprint density at radius 2 is 2.10 bits per heavy atom. The summed E-state index contributed by atoms with van der Waals surface area (Å²) in [4.78, 5) is 15.3. The van der Waals surface area contributed by atoms with E-state index in [2.05, 4.69) is 9.36 Å². The molecule has 1 aromatic heterocycles. The highest BCUT2D eigenvalue weighted by molar-refractivity contribution is 7.07. The van der Waals surface area contributed by atoms with Crippen LogP contribution in [0.2, 0.25) is 5.02 Å². The highest BCUT2D eigenvalue weighted by Gasteiger charge is 2.20. The molecule has 1 heterocycles. The van der Waals surface area contributed by atoms with Crippen molar-refractivity contribution in [2.24, 2.45) is 0 Å². The van der Waals surface area contributed by atoms with Crippen molar-refractivity contribution in [3.8, 4) is 10.9 Å². The Morgan fingerprint density at radius 1 is 1.40 bits per heavy atom. The summed E-state index contributed by atoms with van der Waals surface area (Å²) in [7, 11) is 0. The number of hydrogen-bond acceptors (Lipinski definition) is 5. The third-order valence-electron chi connectivity index (χ3n) is 2.45. The second-order valence-electron chi connectivity index (χ2n) is 5.18. The van der Waals surface area contributed by atoms with Crippen LogP contribution in [-0.2, 0) is 5.41 Å². The fourth-order valence-electron chi connectivity index (χ4n) is 1.39. The zero-order valence-corrected chi connectivity index (χ0v) is 12.7. The van der Waals surface area contributed by atoms with Crippen LogP contribution in [0.1, 0.15) is 37.0 Å². The van der Waals surface area contributed by atoms with Gasteiger partial charge in [0.2, 0.25) is 0 Å². The third-order valence-corrected chi connectivity index (χ3v) is 3.38. The number of hydrogen-bond donors (Lipinski definition) is 1. The normalized spacial score (nSPS) is 11.4. The first-order chi connectivity index (χ1) is 9.27. The van der Waals surface area contributed by atoms with E-state index in [0.29, 0.717) is 16.8 Å². The molecule has 0 aliphatic heterocycles. The van der Waals surface area contributed by atoms with Gasteiger partial charge in [0.1, 0.15) is 5.75 Å². The number of ether oxygens (including phenoxy) is 1. The summed E-state index contributed by atoms with van der Waals surface area (Å²) in [6.07, 6.45) is 0. The Kier molecular flexibility index (Phi) is 3.96. The number of aromatic carboxylic acids is 1. The lowest BCUT2D eigenvalue weighted by Gasteiger charge is -2.12. The van der Waals surface area contributed by atoms with Gasteiger partial charge in [0.05, 0.1) is 10.6 Å². The SMILES string of the molecule is CC(C)(C)c1nsc(Oc2ccc(Cl)c(C(=O)O)c2)n1. The highest BCUT2D eigenvalue weighted by atomic mass is 35.5. The molecule has 0 unspecified atom stereocenters. The van der Waals surface area contributed by atoms with Crippen LogP contribution in [0.25, 0.3) is 0 Å². The average Bonchev–Trinajstić information content (AvgIpc) is 2.79. The number of rotatable bonds is 3. The van der Waals surface area contributed by atoms with Gasteiger partial charge in [-0.25, -0.2) is 4.79 Å². The van der Waals surface area contributed by atoms with Gasteiger partial charge in [-0.3, -0.25) is 0 Å². The zero-order valence-electron chi connectivity index (χ0n) is 11.2. The van der Waals surface area contributed by atoms with Crippen LogP contribution >= 0.6 is 23.1 Å². The Morgan fingerprint density at radius 3 is 2.65 bits per heavy atom. The summed E-state index contributed by atoms with van der Waals surface area (Å²) >= 11 is 6.92. The Bertz CT molecular complexity index is 649. The van der Waals surface area contributed by atoms with E-state index in [-0.39, 0.29) is 16.0 Å². The largest absolute Gasteiger partial charge is 0.478 e. The predicted molar refractivity (Wildman–Crippen MR) is 77.1 cm³/mol. The van der Waals surface area contributed by atoms with Crippen LogP contribution in [0.3, 0.4) is 0 Å². The van der Waals surface area contributed by atoms with E-state index < -0.39 is 5.97 Å². The minimum atomic E-state index is -1.10. The lowest BCUT2D eigenvalue weighted by Crippen LogP contribution is -2.12. The number of nitrogens with zero attached hydrogens (tertiary/aromatic N) is 2. The van der Waals surface area contributed by atoms with E-state index in [1.165, 1.54) is 12.1 Å². The molecule has 0 radical (unpaired) electrons. The van der Waals surface area contributed by atoms with Crippen LogP contribution in [0.4, 0.5) is 0 Å². The van der Waals surface area contributed by atoms with Crippen LogP contribution in [-0.4, -0.2) is 20.4 Å². The van der Waals surface area contributed by atoms with E-state index in [1.807, 2.05) is 20.8 Å². The highest BCUT2D eigenvalue weighted by Crippen LogP contribution is 2.29. The molecular weight excluding hydrogens is 300 g/mol. The molecule has 106 valence electrons. The number of aromatic nitrogens is 2. The first-order valence-electron chi connectivity index (χ1n) is 5.82. The molecule has 2 rings (SSSR count). The first-order valence-corrected chi connectivity index (χ1v) is 6.97. The van der Waals surface area contributed by atoms with Crippen molar-refractivity contribution in [1.82, 2.24) is 9.36 Å². The molecule has 0 aliphatic rings. The molecule has 0 fully saturated rings. The summed E-state index contributed by atoms with van der Waals surface area (Å²) < 4.78 is 9.74. The fourth-order valence-corrected chi connectivity index (χ4v) is 2.33. The van der Waals surface area contributed by atoms with Crippen molar-refractivity contribution >= 4 is 29.1 Å². The molecular formula is C13H13ClN2O3S. The topological polar surface area (TPSA) is 72.3 Å². The Balaban J connectivity index is 2.24. The van der Waals surface area contributed by atoms with Crippen molar-refractivity contribution in [2.75, 3.05) is 0 Å². The predicted octanol–water partition coefficient (Wildman–Crippen LogP) is 3.98. The summed E-state index contributed by atoms with van der Waals surface area (Å²) in [5, 5.41) is 9.54. The standard InChI is InChI=1S/C13H13ClN2O3S/c1-13(2,3)11-15-12(20-16-11)19-7-4-5-9(14)8(6-7)10(17)18/h4-6H,1-3H3,(H,17,18). The van der Waals surface area contributed by atoms with Crippen molar-refractivity contribution in [1.29, 1.82) is 0 Å². The quantitative estimate of drug-likeness (QED) is 0.928. The minimum Gasteiger partial charge on any atom is -0.478 e. The second-order valence-corrected chi connectivity index (χ2v) is 6.30. The van der Waals surface area contributed by atoms with E-state index in [0.717, 1.165) is 11.5 Å². The van der Waals surface area contributed by atoms with Crippen molar-refractivity contribution in [3.05, 3.63) is 34.6 Å². The maximum atomic E-state index is 11.0. The molecule has 0 amide bonds. The number of carbonyl (C=O) groups is 1. The Labute approximate surface area is 125 Å². The van der Waals surface area contributed by atoms with Crippen LogP contribution in [0.5, 0.6) is 10.9 Å². The molecule has 0 saturated heterocycles. The third kappa shape index (κ3) is 3.26. The van der Waals surface area contributed by atoms with Gasteiger partial charge in [-0.2, -0.15) is 9.36 Å². The molecule has 0 spiro atoms. The number of carboxylic acid groups (broad SMARTS) is 1. The molecule has 5 nitrogen and oxygen atoms in total. The number of carboxylic acids is 1. The van der Waals surface area contributed by atoms with Crippen LogP contribution in [0, 0.1) is 0 Å². The fraction of sp³-hybridized carbons (Fsp3) is 0.308. The number of halogens is 1. The summed E-state index contributed by atoms with van der Waals surface area (Å²) in [5.41, 5.74) is -0.172. The lowest BCUT2D eigenvalue weighted by atomic mass is 9.96. The van der Waals surface area contributed by atoms with Gasteiger partial charge in [-0.05, 0) is 18.2 Å². The van der Waals surface area contributed by atoms with E-state index in [1.54, 1.807) is 6.07 Å². The molecule has 1 aromatic carbocycles. The molecule has 0 bridgehead atoms. The van der Waals surface area contributed by atoms with Crippen molar-refractivity contribution in [3.63, 3.8) is 0 Å². The van der Waals surface area contributed by atoms with Gasteiger partial charge >= 0.3 is 5.97 Å². The maximum absolute atomic E-state index is 11.0. The van der Waals surface area contributed by atoms with Crippen LogP contribution < -0.4 is 4.74 Å². The molecule has 20 heavy (non-hydrogen) atoms. The monoisotopic (exact) mass is 312 g/mol. The van der Waals surface area contributed by atoms with E-state index in [4.69, 9.17) is 21.4 Å². The molecule has 1 N–H and O–H groups in total. The minimum absolute atomic E-state index is 0.00951. The molecule has 0 atom stereocenters. The van der Waals surface area contributed by atoms with Crippen molar-refractivity contribution in [2.45, 2.75) is 26.2 Å². The van der Waals surface area contributed by atoms with Gasteiger partial charge < -0.3 is 9.84 Å². The van der Waals surface area contributed by atoms with E-state index in [9.17, 15) is 4.79 Å². The molecule has 7 heteroatoms. The van der Waals surface area contributed by atoms with Gasteiger partial charge in [0.15, 0.2) is 5.82 Å². The second kappa shape index (κ2) is 5.38. The Hall–Kier alpha value is -1.66. The van der Waals surface area contributed by atoms with Gasteiger partial charge in [-0.1, -0.05) is 32.4 Å². The summed E-state index contributed by atoms with van der Waals surface area (Å²) in [6, 6.07) is 4.43. The smallest absolute Gasteiger partial charge is 0.337 e. The zero-order chi connectivity index (χ0) is 14.9. The summed E-state index contributed by atoms with van der Waals surface area (Å²) in [5.74, 6) is -0.0542. The lowest BCUT2D eigenvalue weighted by molar-refractivity contribution is 0.0696. The molecule has 2 aromatic rings. The summed E-state index contributed by atoms with van der Waals surface area (Å²) in [6.45, 7) is 6.01. The average molecular weight is 313 g/mol. The van der Waals surface area contributed by atoms with Gasteiger partial charge in [0, 0.05) is 16.9 Å². The van der Waals surface area contributed by atoms with Crippen LogP contribution in [0.15, 0.2) is 18.2 Å². The first kappa shape index (κ1) is 14.7. The molecule has 0 aliphatic carbocycles. The van der Waals surface area contributed by atoms with E-state index >= 15 is 0 Å². The van der Waals surface area contributed by atoms with Gasteiger partial charge in [0.25, 0.3) is 5.19 Å². The van der Waals surface area contributed by atoms with Crippen molar-refractivity contribution < 1.29 is 14.6 Å². The molecule has 0 saturated carbocycles. The number of benzene rings is 1. The maximum Gasteiger partial charge on any atom is 0.337 e.